The zero-order valence-corrected chi connectivity index (χ0v) is 15.3. The maximum absolute atomic E-state index is 4.94. The van der Waals surface area contributed by atoms with Crippen LogP contribution in [-0.4, -0.2) is 38.0 Å². The van der Waals surface area contributed by atoms with Crippen LogP contribution in [0.4, 0.5) is 5.82 Å². The third-order valence-corrected chi connectivity index (χ3v) is 5.04. The molecule has 6 heteroatoms. The molecule has 3 aromatic rings. The Morgan fingerprint density at radius 1 is 1.15 bits per heavy atom. The second-order valence-electron chi connectivity index (χ2n) is 6.65. The minimum atomic E-state index is 0.337. The molecular formula is C20H24N6. The number of aromatic nitrogens is 4. The number of hydrogen-bond donors (Lipinski definition) is 1. The average molecular weight is 348 g/mol. The molecule has 1 saturated heterocycles. The van der Waals surface area contributed by atoms with Crippen LogP contribution in [0.5, 0.6) is 0 Å². The molecule has 0 radical (unpaired) electrons. The molecule has 4 rings (SSSR count). The zero-order valence-electron chi connectivity index (χ0n) is 15.3. The van der Waals surface area contributed by atoms with Crippen molar-refractivity contribution < 1.29 is 0 Å². The molecule has 0 aliphatic carbocycles. The SMILES string of the molecule is CNc1ncccc1CN1CCC[C@@H]1c1cccc(-n2ccnc2C)n1. The van der Waals surface area contributed by atoms with Crippen LogP contribution in [0, 0.1) is 6.92 Å². The van der Waals surface area contributed by atoms with Crippen LogP contribution in [0.1, 0.15) is 36.0 Å². The predicted octanol–water partition coefficient (Wildman–Crippen LogP) is 3.35. The first-order valence-electron chi connectivity index (χ1n) is 9.09. The van der Waals surface area contributed by atoms with Crippen LogP contribution in [0.15, 0.2) is 48.9 Å². The van der Waals surface area contributed by atoms with Gasteiger partial charge in [-0.15, -0.1) is 0 Å². The summed E-state index contributed by atoms with van der Waals surface area (Å²) in [5.41, 5.74) is 2.35. The molecule has 134 valence electrons. The van der Waals surface area contributed by atoms with Crippen molar-refractivity contribution in [3.05, 3.63) is 66.0 Å². The largest absolute Gasteiger partial charge is 0.373 e. The number of nitrogens with one attached hydrogen (secondary N) is 1. The number of hydrogen-bond acceptors (Lipinski definition) is 5. The van der Waals surface area contributed by atoms with Crippen LogP contribution in [0.25, 0.3) is 5.82 Å². The maximum Gasteiger partial charge on any atom is 0.138 e. The van der Waals surface area contributed by atoms with Crippen molar-refractivity contribution in [1.29, 1.82) is 0 Å². The van der Waals surface area contributed by atoms with E-state index in [0.29, 0.717) is 6.04 Å². The summed E-state index contributed by atoms with van der Waals surface area (Å²) in [5, 5.41) is 3.19. The van der Waals surface area contributed by atoms with E-state index in [0.717, 1.165) is 42.7 Å². The lowest BCUT2D eigenvalue weighted by Crippen LogP contribution is -2.24. The molecule has 0 spiro atoms. The van der Waals surface area contributed by atoms with Crippen molar-refractivity contribution in [1.82, 2.24) is 24.4 Å². The Kier molecular flexibility index (Phi) is 4.67. The molecule has 1 aliphatic heterocycles. The van der Waals surface area contributed by atoms with Gasteiger partial charge in [0.05, 0.1) is 11.7 Å². The van der Waals surface area contributed by atoms with Crippen molar-refractivity contribution in [2.75, 3.05) is 18.9 Å². The van der Waals surface area contributed by atoms with Crippen LogP contribution >= 0.6 is 0 Å². The number of anilines is 1. The van der Waals surface area contributed by atoms with E-state index in [9.17, 15) is 0 Å². The van der Waals surface area contributed by atoms with Gasteiger partial charge in [0.25, 0.3) is 0 Å². The predicted molar refractivity (Wildman–Crippen MR) is 102 cm³/mol. The fraction of sp³-hybridized carbons (Fsp3) is 0.350. The first-order chi connectivity index (χ1) is 12.8. The molecule has 3 aromatic heterocycles. The molecular weight excluding hydrogens is 324 g/mol. The van der Waals surface area contributed by atoms with Gasteiger partial charge in [-0.05, 0) is 44.5 Å². The van der Waals surface area contributed by atoms with Gasteiger partial charge >= 0.3 is 0 Å². The van der Waals surface area contributed by atoms with Crippen LogP contribution in [0.3, 0.4) is 0 Å². The lowest BCUT2D eigenvalue weighted by Gasteiger charge is -2.25. The number of rotatable bonds is 5. The molecule has 1 N–H and O–H groups in total. The van der Waals surface area contributed by atoms with Crippen molar-refractivity contribution in [2.24, 2.45) is 0 Å². The lowest BCUT2D eigenvalue weighted by atomic mass is 10.1. The van der Waals surface area contributed by atoms with Crippen molar-refractivity contribution in [3.8, 4) is 5.82 Å². The summed E-state index contributed by atoms with van der Waals surface area (Å²) in [4.78, 5) is 16.2. The Labute approximate surface area is 153 Å². The van der Waals surface area contributed by atoms with Gasteiger partial charge in [-0.25, -0.2) is 15.0 Å². The van der Waals surface area contributed by atoms with Gasteiger partial charge in [-0.1, -0.05) is 12.1 Å². The Morgan fingerprint density at radius 2 is 2.08 bits per heavy atom. The fourth-order valence-corrected chi connectivity index (χ4v) is 3.74. The van der Waals surface area contributed by atoms with Gasteiger partial charge in [0.2, 0.25) is 0 Å². The minimum Gasteiger partial charge on any atom is -0.373 e. The third kappa shape index (κ3) is 3.20. The summed E-state index contributed by atoms with van der Waals surface area (Å²) in [5.74, 6) is 2.84. The molecule has 1 atom stereocenters. The number of aryl methyl sites for hydroxylation is 1. The van der Waals surface area contributed by atoms with Crippen molar-refractivity contribution in [2.45, 2.75) is 32.4 Å². The molecule has 4 heterocycles. The highest BCUT2D eigenvalue weighted by Crippen LogP contribution is 2.33. The molecule has 0 unspecified atom stereocenters. The smallest absolute Gasteiger partial charge is 0.138 e. The number of imidazole rings is 1. The highest BCUT2D eigenvalue weighted by molar-refractivity contribution is 5.43. The van der Waals surface area contributed by atoms with Gasteiger partial charge in [0.15, 0.2) is 0 Å². The van der Waals surface area contributed by atoms with E-state index in [1.165, 1.54) is 12.0 Å². The van der Waals surface area contributed by atoms with E-state index < -0.39 is 0 Å². The maximum atomic E-state index is 4.94. The Bertz CT molecular complexity index is 887. The van der Waals surface area contributed by atoms with Crippen LogP contribution in [-0.2, 0) is 6.54 Å². The number of pyridine rings is 2. The van der Waals surface area contributed by atoms with E-state index >= 15 is 0 Å². The van der Waals surface area contributed by atoms with E-state index in [-0.39, 0.29) is 0 Å². The highest BCUT2D eigenvalue weighted by Gasteiger charge is 2.28. The van der Waals surface area contributed by atoms with E-state index in [2.05, 4.69) is 38.4 Å². The molecule has 0 bridgehead atoms. The Hall–Kier alpha value is -2.73. The Morgan fingerprint density at radius 3 is 2.88 bits per heavy atom. The highest BCUT2D eigenvalue weighted by atomic mass is 15.2. The molecule has 26 heavy (non-hydrogen) atoms. The third-order valence-electron chi connectivity index (χ3n) is 5.04. The second kappa shape index (κ2) is 7.25. The standard InChI is InChI=1S/C20H24N6/c1-15-22-11-13-26(15)19-9-3-7-17(24-19)18-8-5-12-25(18)14-16-6-4-10-23-20(16)21-2/h3-4,6-7,9-11,13,18H,5,8,12,14H2,1-2H3,(H,21,23)/t18-/m1/s1. The molecule has 1 aliphatic rings. The second-order valence-corrected chi connectivity index (χ2v) is 6.65. The van der Waals surface area contributed by atoms with Crippen molar-refractivity contribution >= 4 is 5.82 Å². The van der Waals surface area contributed by atoms with Gasteiger partial charge in [-0.2, -0.15) is 0 Å². The van der Waals surface area contributed by atoms with Gasteiger partial charge in [0.1, 0.15) is 17.5 Å². The van der Waals surface area contributed by atoms with Crippen LogP contribution in [0.2, 0.25) is 0 Å². The monoisotopic (exact) mass is 348 g/mol. The topological polar surface area (TPSA) is 58.9 Å². The first kappa shape index (κ1) is 16.7. The van der Waals surface area contributed by atoms with Crippen LogP contribution < -0.4 is 5.32 Å². The van der Waals surface area contributed by atoms with E-state index in [1.54, 1.807) is 0 Å². The Balaban J connectivity index is 1.60. The van der Waals surface area contributed by atoms with Crippen molar-refractivity contribution in [3.63, 3.8) is 0 Å². The average Bonchev–Trinajstić information content (AvgIpc) is 3.31. The zero-order chi connectivity index (χ0) is 17.9. The molecule has 1 fully saturated rings. The quantitative estimate of drug-likeness (QED) is 0.766. The molecule has 6 nitrogen and oxygen atoms in total. The van der Waals surface area contributed by atoms with Gasteiger partial charge < -0.3 is 5.32 Å². The normalized spacial score (nSPS) is 17.5. The van der Waals surface area contributed by atoms with Gasteiger partial charge in [-0.3, -0.25) is 9.47 Å². The lowest BCUT2D eigenvalue weighted by molar-refractivity contribution is 0.244. The fourth-order valence-electron chi connectivity index (χ4n) is 3.74. The summed E-state index contributed by atoms with van der Waals surface area (Å²) < 4.78 is 2.03. The van der Waals surface area contributed by atoms with E-state index in [4.69, 9.17) is 4.98 Å². The summed E-state index contributed by atoms with van der Waals surface area (Å²) in [6, 6.07) is 10.8. The first-order valence-corrected chi connectivity index (χ1v) is 9.09. The summed E-state index contributed by atoms with van der Waals surface area (Å²) in [6.45, 7) is 3.96. The number of likely N-dealkylation sites (tertiary alicyclic amines) is 1. The number of nitrogens with zero attached hydrogens (tertiary/aromatic N) is 5. The van der Waals surface area contributed by atoms with E-state index in [1.807, 2.05) is 49.3 Å². The minimum absolute atomic E-state index is 0.337. The summed E-state index contributed by atoms with van der Waals surface area (Å²) in [6.07, 6.45) is 7.93. The summed E-state index contributed by atoms with van der Waals surface area (Å²) in [7, 11) is 1.92. The van der Waals surface area contributed by atoms with Gasteiger partial charge in [0, 0.05) is 37.7 Å². The summed E-state index contributed by atoms with van der Waals surface area (Å²) >= 11 is 0. The molecule has 0 saturated carbocycles. The molecule has 0 aromatic carbocycles. The molecule has 0 amide bonds.